The molecule has 0 bridgehead atoms. The third kappa shape index (κ3) is 5.05. The van der Waals surface area contributed by atoms with Crippen molar-refractivity contribution >= 4 is 71.6 Å². The molecule has 3 nitrogen and oxygen atoms in total. The van der Waals surface area contributed by atoms with Gasteiger partial charge in [0, 0.05) is 38.6 Å². The number of para-hydroxylation sites is 2. The first kappa shape index (κ1) is 31.2. The van der Waals surface area contributed by atoms with Crippen LogP contribution in [0, 0.1) is 0 Å². The zero-order chi connectivity index (χ0) is 36.3. The second-order valence-corrected chi connectivity index (χ2v) is 14.1. The predicted molar refractivity (Wildman–Crippen MR) is 231 cm³/mol. The zero-order valence-corrected chi connectivity index (χ0v) is 29.9. The van der Waals surface area contributed by atoms with Gasteiger partial charge in [-0.25, -0.2) is 0 Å². The van der Waals surface area contributed by atoms with E-state index in [2.05, 4.69) is 204 Å². The molecule has 3 heteroatoms. The van der Waals surface area contributed by atoms with E-state index in [1.807, 2.05) is 12.1 Å². The van der Waals surface area contributed by atoms with Crippen LogP contribution >= 0.6 is 0 Å². The highest BCUT2D eigenvalue weighted by molar-refractivity contribution is 6.22. The Morgan fingerprint density at radius 3 is 1.78 bits per heavy atom. The molecule has 0 N–H and O–H groups in total. The van der Waals surface area contributed by atoms with E-state index in [4.69, 9.17) is 4.42 Å². The number of fused-ring (bicyclic) bond motifs is 8. The summed E-state index contributed by atoms with van der Waals surface area (Å²) in [6.07, 6.45) is 0. The van der Waals surface area contributed by atoms with Gasteiger partial charge in [-0.2, -0.15) is 0 Å². The van der Waals surface area contributed by atoms with Gasteiger partial charge in [0.2, 0.25) is 0 Å². The molecular formula is C52H34N2O. The first-order valence-electron chi connectivity index (χ1n) is 18.8. The fourth-order valence-corrected chi connectivity index (χ4v) is 8.51. The maximum Gasteiger partial charge on any atom is 0.137 e. The maximum atomic E-state index is 6.38. The molecule has 0 aliphatic rings. The van der Waals surface area contributed by atoms with Gasteiger partial charge in [0.05, 0.1) is 22.1 Å². The minimum Gasteiger partial charge on any atom is -0.456 e. The topological polar surface area (TPSA) is 21.3 Å². The summed E-state index contributed by atoms with van der Waals surface area (Å²) in [7, 11) is 0. The number of hydrogen-bond donors (Lipinski definition) is 0. The van der Waals surface area contributed by atoms with Crippen molar-refractivity contribution in [2.45, 2.75) is 0 Å². The Morgan fingerprint density at radius 2 is 1.00 bits per heavy atom. The van der Waals surface area contributed by atoms with Crippen LogP contribution in [0.3, 0.4) is 0 Å². The Kier molecular flexibility index (Phi) is 7.17. The van der Waals surface area contributed by atoms with E-state index in [0.717, 1.165) is 44.7 Å². The highest BCUT2D eigenvalue weighted by Crippen LogP contribution is 2.45. The average molecular weight is 703 g/mol. The number of nitrogens with zero attached hydrogens (tertiary/aromatic N) is 2. The van der Waals surface area contributed by atoms with Gasteiger partial charge in [-0.15, -0.1) is 0 Å². The van der Waals surface area contributed by atoms with Crippen LogP contribution in [0.4, 0.5) is 17.1 Å². The summed E-state index contributed by atoms with van der Waals surface area (Å²) in [4.78, 5) is 2.36. The summed E-state index contributed by atoms with van der Waals surface area (Å²) in [6, 6.07) is 73.9. The van der Waals surface area contributed by atoms with Gasteiger partial charge < -0.3 is 13.9 Å². The highest BCUT2D eigenvalue weighted by Gasteiger charge is 2.21. The van der Waals surface area contributed by atoms with Crippen molar-refractivity contribution in [2.24, 2.45) is 0 Å². The normalized spacial score (nSPS) is 11.6. The molecule has 2 heterocycles. The summed E-state index contributed by atoms with van der Waals surface area (Å²) in [5.74, 6) is 0. The second-order valence-electron chi connectivity index (χ2n) is 14.1. The number of anilines is 3. The van der Waals surface area contributed by atoms with Gasteiger partial charge >= 0.3 is 0 Å². The van der Waals surface area contributed by atoms with Crippen molar-refractivity contribution in [1.82, 2.24) is 4.57 Å². The van der Waals surface area contributed by atoms with Crippen molar-refractivity contribution in [3.63, 3.8) is 0 Å². The lowest BCUT2D eigenvalue weighted by molar-refractivity contribution is 0.669. The third-order valence-electron chi connectivity index (χ3n) is 11.0. The minimum absolute atomic E-state index is 0.871. The first-order chi connectivity index (χ1) is 27.3. The molecule has 0 saturated carbocycles. The van der Waals surface area contributed by atoms with Gasteiger partial charge in [-0.1, -0.05) is 146 Å². The molecule has 2 aromatic heterocycles. The summed E-state index contributed by atoms with van der Waals surface area (Å²) < 4.78 is 8.81. The second kappa shape index (κ2) is 12.6. The molecule has 0 unspecified atom stereocenters. The Balaban J connectivity index is 1.10. The highest BCUT2D eigenvalue weighted by atomic mass is 16.3. The lowest BCUT2D eigenvalue weighted by atomic mass is 9.97. The first-order valence-corrected chi connectivity index (χ1v) is 18.8. The fraction of sp³-hybridized carbons (Fsp3) is 0. The van der Waals surface area contributed by atoms with E-state index in [9.17, 15) is 0 Å². The molecule has 11 rings (SSSR count). The van der Waals surface area contributed by atoms with Crippen molar-refractivity contribution in [3.8, 4) is 27.9 Å². The van der Waals surface area contributed by atoms with Crippen molar-refractivity contribution in [2.75, 3.05) is 4.90 Å². The molecule has 0 radical (unpaired) electrons. The lowest BCUT2D eigenvalue weighted by Gasteiger charge is -2.26. The van der Waals surface area contributed by atoms with Gasteiger partial charge in [0.15, 0.2) is 0 Å². The lowest BCUT2D eigenvalue weighted by Crippen LogP contribution is -2.10. The van der Waals surface area contributed by atoms with Gasteiger partial charge in [0.25, 0.3) is 0 Å². The molecular weight excluding hydrogens is 669 g/mol. The van der Waals surface area contributed by atoms with E-state index in [1.54, 1.807) is 0 Å². The van der Waals surface area contributed by atoms with E-state index in [-0.39, 0.29) is 0 Å². The summed E-state index contributed by atoms with van der Waals surface area (Å²) in [5.41, 5.74) is 13.3. The van der Waals surface area contributed by atoms with Crippen LogP contribution in [0.5, 0.6) is 0 Å². The number of benzene rings is 9. The SMILES string of the molecule is c1ccc(-c2ccc(N(c3ccc(-c4cccc5c4c4ccc6ccccc6c4n5-c4ccccc4)cc3)c3cccc4oc5ccccc5c34)cc2)cc1. The number of hydrogen-bond acceptors (Lipinski definition) is 2. The standard InChI is InChI=1S/C52H34N2O/c1-3-13-35(14-4-1)36-25-30-40(31-26-36)53(47-22-12-24-49-51(47)44-19-9-10-23-48(44)55-49)41-32-27-38(28-33-41)42-20-11-21-46-50(42)45-34-29-37-15-7-8-18-43(37)52(45)54(46)39-16-5-2-6-17-39/h1-34H. The van der Waals surface area contributed by atoms with E-state index < -0.39 is 0 Å². The van der Waals surface area contributed by atoms with Crippen molar-refractivity contribution in [1.29, 1.82) is 0 Å². The van der Waals surface area contributed by atoms with Gasteiger partial charge in [0.1, 0.15) is 11.2 Å². The smallest absolute Gasteiger partial charge is 0.137 e. The molecule has 0 aliphatic heterocycles. The van der Waals surface area contributed by atoms with Crippen molar-refractivity contribution < 1.29 is 4.42 Å². The zero-order valence-electron chi connectivity index (χ0n) is 29.9. The molecule has 0 atom stereocenters. The molecule has 0 fully saturated rings. The van der Waals surface area contributed by atoms with Crippen LogP contribution in [-0.2, 0) is 0 Å². The molecule has 0 aliphatic carbocycles. The van der Waals surface area contributed by atoms with Crippen LogP contribution in [0.1, 0.15) is 0 Å². The summed E-state index contributed by atoms with van der Waals surface area (Å²) in [5, 5.41) is 7.18. The molecule has 0 spiro atoms. The number of aromatic nitrogens is 1. The van der Waals surface area contributed by atoms with Crippen LogP contribution < -0.4 is 4.90 Å². The van der Waals surface area contributed by atoms with E-state index in [1.165, 1.54) is 54.8 Å². The van der Waals surface area contributed by atoms with Crippen LogP contribution in [0.15, 0.2) is 211 Å². The fourth-order valence-electron chi connectivity index (χ4n) is 8.51. The van der Waals surface area contributed by atoms with Crippen molar-refractivity contribution in [3.05, 3.63) is 206 Å². The summed E-state index contributed by atoms with van der Waals surface area (Å²) >= 11 is 0. The quantitative estimate of drug-likeness (QED) is 0.172. The monoisotopic (exact) mass is 702 g/mol. The van der Waals surface area contributed by atoms with E-state index >= 15 is 0 Å². The van der Waals surface area contributed by atoms with E-state index in [0.29, 0.717) is 0 Å². The number of rotatable bonds is 6. The molecule has 9 aromatic carbocycles. The third-order valence-corrected chi connectivity index (χ3v) is 11.0. The van der Waals surface area contributed by atoms with Crippen LogP contribution in [0.2, 0.25) is 0 Å². The maximum absolute atomic E-state index is 6.38. The van der Waals surface area contributed by atoms with Crippen LogP contribution in [0.25, 0.3) is 82.5 Å². The van der Waals surface area contributed by atoms with Gasteiger partial charge in [-0.3, -0.25) is 0 Å². The Labute approximate surface area is 318 Å². The molecule has 0 saturated heterocycles. The number of furan rings is 1. The van der Waals surface area contributed by atoms with Crippen LogP contribution in [-0.4, -0.2) is 4.57 Å². The molecule has 0 amide bonds. The largest absolute Gasteiger partial charge is 0.456 e. The molecule has 11 aromatic rings. The Morgan fingerprint density at radius 1 is 0.382 bits per heavy atom. The summed E-state index contributed by atoms with van der Waals surface area (Å²) in [6.45, 7) is 0. The Bertz CT molecular complexity index is 3180. The minimum atomic E-state index is 0.871. The Hall–Kier alpha value is -7.36. The predicted octanol–water partition coefficient (Wildman–Crippen LogP) is 14.6. The molecule has 55 heavy (non-hydrogen) atoms. The molecule has 258 valence electrons. The van der Waals surface area contributed by atoms with Gasteiger partial charge in [-0.05, 0) is 88.3 Å². The average Bonchev–Trinajstić information content (AvgIpc) is 3.82.